The number of rotatable bonds is 19. The molecular formula is C45H83IO5Si2. The molecule has 0 aromatic rings. The van der Waals surface area contributed by atoms with Crippen LogP contribution in [0.15, 0.2) is 58.8 Å². The smallest absolute Gasteiger partial charge is 0.192 e. The van der Waals surface area contributed by atoms with Crippen molar-refractivity contribution in [1.29, 1.82) is 0 Å². The lowest BCUT2D eigenvalue weighted by atomic mass is 9.81. The molecule has 0 saturated carbocycles. The van der Waals surface area contributed by atoms with Gasteiger partial charge in [-0.3, -0.25) is 0 Å². The number of aliphatic hydroxyl groups is 1. The Hall–Kier alpha value is -0.336. The maximum atomic E-state index is 11.6. The van der Waals surface area contributed by atoms with Crippen molar-refractivity contribution in [3.05, 3.63) is 58.8 Å². The minimum atomic E-state index is -2.12. The molecule has 0 aromatic heterocycles. The van der Waals surface area contributed by atoms with Gasteiger partial charge in [0.15, 0.2) is 22.4 Å². The van der Waals surface area contributed by atoms with E-state index >= 15 is 0 Å². The van der Waals surface area contributed by atoms with Gasteiger partial charge in [0, 0.05) is 24.2 Å². The van der Waals surface area contributed by atoms with E-state index in [2.05, 4.69) is 174 Å². The normalized spacial score (nSPS) is 24.9. The third-order valence-electron chi connectivity index (χ3n) is 12.3. The van der Waals surface area contributed by atoms with Crippen LogP contribution in [-0.2, 0) is 18.3 Å². The summed E-state index contributed by atoms with van der Waals surface area (Å²) in [4.78, 5) is 0. The average molecular weight is 887 g/mol. The van der Waals surface area contributed by atoms with Gasteiger partial charge in [0.25, 0.3) is 0 Å². The van der Waals surface area contributed by atoms with Crippen LogP contribution in [-0.4, -0.2) is 58.0 Å². The molecule has 1 saturated heterocycles. The zero-order valence-electron chi connectivity index (χ0n) is 37.5. The van der Waals surface area contributed by atoms with Gasteiger partial charge in [-0.25, -0.2) is 0 Å². The van der Waals surface area contributed by atoms with Gasteiger partial charge in [0.05, 0.1) is 30.5 Å². The van der Waals surface area contributed by atoms with Crippen LogP contribution in [0.3, 0.4) is 0 Å². The summed E-state index contributed by atoms with van der Waals surface area (Å²) in [5.74, 6) is 0.216. The molecule has 1 heterocycles. The highest BCUT2D eigenvalue weighted by atomic mass is 127. The van der Waals surface area contributed by atoms with E-state index in [-0.39, 0.29) is 64.1 Å². The molecule has 53 heavy (non-hydrogen) atoms. The largest absolute Gasteiger partial charge is 0.413 e. The van der Waals surface area contributed by atoms with Crippen molar-refractivity contribution in [2.45, 2.75) is 189 Å². The molecule has 8 heteroatoms. The van der Waals surface area contributed by atoms with E-state index in [0.29, 0.717) is 5.92 Å². The van der Waals surface area contributed by atoms with Gasteiger partial charge >= 0.3 is 0 Å². The van der Waals surface area contributed by atoms with Gasteiger partial charge in [-0.2, -0.15) is 0 Å². The van der Waals surface area contributed by atoms with Gasteiger partial charge < -0.3 is 23.4 Å². The first kappa shape index (κ1) is 50.7. The Morgan fingerprint density at radius 2 is 1.38 bits per heavy atom. The monoisotopic (exact) mass is 886 g/mol. The Bertz CT molecular complexity index is 1240. The maximum absolute atomic E-state index is 11.6. The average Bonchev–Trinajstić information content (AvgIpc) is 3.01. The standard InChI is InChI=1S/C45H83IO5Si2/c1-21-22-23-33(4)40(47)37(8)42(51-53(19,20)44(12,13)14)36(7)29-31(2)28-35(6)41(50-52(17,18)43(9,10)11)34(5)24-25-38-30-39(32(3)26-27-46)49-45(15,16)48-38/h21-28,32-42,47H,1,29-30H2,2-20H3/b23-22-,25-24-,27-26+,31-28-/t32-,33+,34+,35+,36+,37-,38-,39+,40+,41+,42-/m1/s1. The molecule has 5 nitrogen and oxygen atoms in total. The van der Waals surface area contributed by atoms with Gasteiger partial charge in [-0.05, 0) is 85.3 Å². The van der Waals surface area contributed by atoms with Crippen molar-refractivity contribution in [3.63, 3.8) is 0 Å². The maximum Gasteiger partial charge on any atom is 0.192 e. The summed E-state index contributed by atoms with van der Waals surface area (Å²) >= 11 is 2.29. The summed E-state index contributed by atoms with van der Waals surface area (Å²) in [6, 6.07) is 0. The molecule has 1 aliphatic heterocycles. The van der Waals surface area contributed by atoms with Gasteiger partial charge in [0.1, 0.15) is 0 Å². The molecule has 308 valence electrons. The predicted molar refractivity (Wildman–Crippen MR) is 244 cm³/mol. The molecule has 1 aliphatic rings. The molecule has 0 unspecified atom stereocenters. The third kappa shape index (κ3) is 15.9. The fourth-order valence-electron chi connectivity index (χ4n) is 6.91. The van der Waals surface area contributed by atoms with Crippen LogP contribution in [0.1, 0.15) is 117 Å². The Balaban J connectivity index is 3.47. The van der Waals surface area contributed by atoms with Crippen LogP contribution in [0, 0.1) is 35.5 Å². The van der Waals surface area contributed by atoms with Crippen molar-refractivity contribution in [2.24, 2.45) is 35.5 Å². The van der Waals surface area contributed by atoms with Crippen LogP contribution in [0.25, 0.3) is 0 Å². The SMILES string of the molecule is C=C/C=C\[C@H](C)[C@H](O)[C@@H](C)[C@H](O[Si](C)(C)C(C)(C)C)[C@@H](C)C/C(C)=C\[C@H](C)[C@@H](O[Si](C)(C)C(C)(C)C)[C@@H](C)/C=C\[C@@H]1C[C@@H]([C@H](C)/C=C/I)OC(C)(C)O1. The summed E-state index contributed by atoms with van der Waals surface area (Å²) in [6.45, 7) is 46.7. The van der Waals surface area contributed by atoms with Crippen LogP contribution >= 0.6 is 22.6 Å². The van der Waals surface area contributed by atoms with Gasteiger partial charge in [-0.1, -0.05) is 160 Å². The zero-order chi connectivity index (χ0) is 41.3. The van der Waals surface area contributed by atoms with Crippen LogP contribution in [0.4, 0.5) is 0 Å². The van der Waals surface area contributed by atoms with E-state index in [4.69, 9.17) is 18.3 Å². The van der Waals surface area contributed by atoms with Crippen molar-refractivity contribution in [3.8, 4) is 0 Å². The molecule has 0 aromatic carbocycles. The van der Waals surface area contributed by atoms with E-state index in [9.17, 15) is 5.11 Å². The lowest BCUT2D eigenvalue weighted by Crippen LogP contribution is -2.49. The molecule has 0 aliphatic carbocycles. The Kier molecular flexibility index (Phi) is 20.0. The molecule has 0 amide bonds. The molecule has 1 fully saturated rings. The first-order chi connectivity index (χ1) is 24.0. The van der Waals surface area contributed by atoms with Gasteiger partial charge in [0.2, 0.25) is 0 Å². The Morgan fingerprint density at radius 3 is 1.87 bits per heavy atom. The van der Waals surface area contributed by atoms with Crippen LogP contribution in [0.5, 0.6) is 0 Å². The molecule has 0 spiro atoms. The first-order valence-corrected chi connectivity index (χ1v) is 27.4. The topological polar surface area (TPSA) is 57.2 Å². The van der Waals surface area contributed by atoms with Crippen LogP contribution in [0.2, 0.25) is 36.3 Å². The molecule has 0 bridgehead atoms. The molecule has 1 rings (SSSR count). The van der Waals surface area contributed by atoms with Crippen molar-refractivity contribution >= 4 is 39.2 Å². The highest BCUT2D eigenvalue weighted by Crippen LogP contribution is 2.42. The van der Waals surface area contributed by atoms with E-state index in [1.54, 1.807) is 6.08 Å². The Morgan fingerprint density at radius 1 is 0.849 bits per heavy atom. The second-order valence-corrected chi connectivity index (χ2v) is 30.2. The summed E-state index contributed by atoms with van der Waals surface area (Å²) in [6.07, 6.45) is 16.2. The lowest BCUT2D eigenvalue weighted by Gasteiger charge is -2.44. The number of hydrogen-bond donors (Lipinski definition) is 1. The number of halogens is 1. The molecule has 1 N–H and O–H groups in total. The predicted octanol–water partition coefficient (Wildman–Crippen LogP) is 13.4. The number of hydrogen-bond acceptors (Lipinski definition) is 5. The fourth-order valence-corrected chi connectivity index (χ4v) is 10.5. The van der Waals surface area contributed by atoms with E-state index in [0.717, 1.165) is 12.8 Å². The quantitative estimate of drug-likeness (QED) is 0.0606. The molecule has 11 atom stereocenters. The van der Waals surface area contributed by atoms with Crippen molar-refractivity contribution in [2.75, 3.05) is 0 Å². The molecular weight excluding hydrogens is 804 g/mol. The van der Waals surface area contributed by atoms with Crippen molar-refractivity contribution < 1.29 is 23.4 Å². The van der Waals surface area contributed by atoms with E-state index in [1.807, 2.05) is 26.0 Å². The van der Waals surface area contributed by atoms with Crippen molar-refractivity contribution in [1.82, 2.24) is 0 Å². The fraction of sp³-hybridized carbons (Fsp3) is 0.778. The summed E-state index contributed by atoms with van der Waals surface area (Å²) in [7, 11) is -4.21. The van der Waals surface area contributed by atoms with E-state index in [1.165, 1.54) is 5.57 Å². The number of ether oxygens (including phenoxy) is 2. The lowest BCUT2D eigenvalue weighted by molar-refractivity contribution is -0.295. The minimum absolute atomic E-state index is 0.0000818. The minimum Gasteiger partial charge on any atom is -0.413 e. The first-order valence-electron chi connectivity index (χ1n) is 20.3. The zero-order valence-corrected chi connectivity index (χ0v) is 41.7. The summed E-state index contributed by atoms with van der Waals surface area (Å²) in [5, 5.41) is 11.7. The number of allylic oxidation sites excluding steroid dienone is 3. The van der Waals surface area contributed by atoms with Crippen LogP contribution < -0.4 is 0 Å². The van der Waals surface area contributed by atoms with E-state index < -0.39 is 28.5 Å². The van der Waals surface area contributed by atoms with Gasteiger partial charge in [-0.15, -0.1) is 0 Å². The second kappa shape index (κ2) is 20.9. The summed E-state index contributed by atoms with van der Waals surface area (Å²) in [5.41, 5.74) is 1.34. The Labute approximate surface area is 344 Å². The summed E-state index contributed by atoms with van der Waals surface area (Å²) < 4.78 is 29.3. The molecule has 0 radical (unpaired) electrons. The second-order valence-electron chi connectivity index (χ2n) is 19.9. The third-order valence-corrected chi connectivity index (χ3v) is 21.7. The highest BCUT2D eigenvalue weighted by molar-refractivity contribution is 14.1. The number of aliphatic hydroxyl groups excluding tert-OH is 1. The highest BCUT2D eigenvalue weighted by Gasteiger charge is 2.44.